The number of thiazole rings is 1. The van der Waals surface area contributed by atoms with Gasteiger partial charge < -0.3 is 14.4 Å². The fourth-order valence-corrected chi connectivity index (χ4v) is 3.15. The quantitative estimate of drug-likeness (QED) is 0.780. The molecule has 0 atom stereocenters. The Bertz CT molecular complexity index is 666. The molecule has 0 spiro atoms. The molecular weight excluding hydrogens is 312 g/mol. The standard InChI is InChI=1S/C17H22N2O3S/c1-5-19(6-2)16(20)10-13-11-23-17(18-13)12-7-8-14(21-3)15(9-12)22-4/h7-9,11H,5-6,10H2,1-4H3. The molecule has 1 aromatic heterocycles. The predicted molar refractivity (Wildman–Crippen MR) is 92.3 cm³/mol. The first-order valence-electron chi connectivity index (χ1n) is 7.57. The number of nitrogens with zero attached hydrogens (tertiary/aromatic N) is 2. The highest BCUT2D eigenvalue weighted by atomic mass is 32.1. The summed E-state index contributed by atoms with van der Waals surface area (Å²) in [5.74, 6) is 1.46. The number of hydrogen-bond donors (Lipinski definition) is 0. The molecule has 0 aliphatic heterocycles. The Morgan fingerprint density at radius 2 is 1.87 bits per heavy atom. The van der Waals surface area contributed by atoms with Gasteiger partial charge in [-0.2, -0.15) is 0 Å². The Morgan fingerprint density at radius 1 is 1.17 bits per heavy atom. The Kier molecular flexibility index (Phi) is 5.98. The van der Waals surface area contributed by atoms with Crippen molar-refractivity contribution in [2.75, 3.05) is 27.3 Å². The van der Waals surface area contributed by atoms with Crippen LogP contribution in [0.3, 0.4) is 0 Å². The van der Waals surface area contributed by atoms with Crippen molar-refractivity contribution < 1.29 is 14.3 Å². The normalized spacial score (nSPS) is 10.4. The lowest BCUT2D eigenvalue weighted by Crippen LogP contribution is -2.31. The number of methoxy groups -OCH3 is 2. The van der Waals surface area contributed by atoms with Crippen molar-refractivity contribution in [1.29, 1.82) is 0 Å². The number of amides is 1. The van der Waals surface area contributed by atoms with Crippen molar-refractivity contribution in [3.05, 3.63) is 29.3 Å². The van der Waals surface area contributed by atoms with Crippen LogP contribution in [0.25, 0.3) is 10.6 Å². The minimum absolute atomic E-state index is 0.110. The van der Waals surface area contributed by atoms with Gasteiger partial charge in [-0.05, 0) is 32.0 Å². The minimum atomic E-state index is 0.110. The second-order valence-electron chi connectivity index (χ2n) is 4.96. The zero-order valence-electron chi connectivity index (χ0n) is 14.0. The molecule has 0 unspecified atom stereocenters. The molecule has 0 aliphatic rings. The Labute approximate surface area is 140 Å². The molecule has 23 heavy (non-hydrogen) atoms. The second-order valence-corrected chi connectivity index (χ2v) is 5.81. The number of likely N-dealkylation sites (N-methyl/N-ethyl adjacent to an activating group) is 1. The van der Waals surface area contributed by atoms with Crippen LogP contribution in [0.15, 0.2) is 23.6 Å². The van der Waals surface area contributed by atoms with E-state index < -0.39 is 0 Å². The number of hydrogen-bond acceptors (Lipinski definition) is 5. The third kappa shape index (κ3) is 4.01. The van der Waals surface area contributed by atoms with Gasteiger partial charge in [-0.15, -0.1) is 11.3 Å². The first kappa shape index (κ1) is 17.3. The number of benzene rings is 1. The fourth-order valence-electron chi connectivity index (χ4n) is 2.33. The van der Waals surface area contributed by atoms with Gasteiger partial charge in [-0.25, -0.2) is 4.98 Å². The second kappa shape index (κ2) is 7.97. The van der Waals surface area contributed by atoms with Gasteiger partial charge in [0.15, 0.2) is 11.5 Å². The molecule has 6 heteroatoms. The van der Waals surface area contributed by atoms with E-state index in [-0.39, 0.29) is 5.91 Å². The van der Waals surface area contributed by atoms with Gasteiger partial charge >= 0.3 is 0 Å². The molecule has 2 rings (SSSR count). The molecule has 1 aromatic carbocycles. The molecule has 0 bridgehead atoms. The van der Waals surface area contributed by atoms with E-state index >= 15 is 0 Å². The van der Waals surface area contributed by atoms with Crippen molar-refractivity contribution in [1.82, 2.24) is 9.88 Å². The van der Waals surface area contributed by atoms with Crippen molar-refractivity contribution >= 4 is 17.2 Å². The van der Waals surface area contributed by atoms with Gasteiger partial charge in [0.1, 0.15) is 5.01 Å². The topological polar surface area (TPSA) is 51.7 Å². The number of aromatic nitrogens is 1. The van der Waals surface area contributed by atoms with E-state index in [0.29, 0.717) is 17.9 Å². The maximum Gasteiger partial charge on any atom is 0.228 e. The first-order chi connectivity index (χ1) is 11.1. The molecule has 0 saturated heterocycles. The van der Waals surface area contributed by atoms with Gasteiger partial charge in [-0.1, -0.05) is 0 Å². The monoisotopic (exact) mass is 334 g/mol. The zero-order chi connectivity index (χ0) is 16.8. The SMILES string of the molecule is CCN(CC)C(=O)Cc1csc(-c2ccc(OC)c(OC)c2)n1. The highest BCUT2D eigenvalue weighted by Gasteiger charge is 2.14. The summed E-state index contributed by atoms with van der Waals surface area (Å²) in [7, 11) is 3.22. The van der Waals surface area contributed by atoms with Crippen LogP contribution in [0.1, 0.15) is 19.5 Å². The largest absolute Gasteiger partial charge is 0.493 e. The highest BCUT2D eigenvalue weighted by Crippen LogP contribution is 2.33. The summed E-state index contributed by atoms with van der Waals surface area (Å²) in [6.07, 6.45) is 0.339. The van der Waals surface area contributed by atoms with Gasteiger partial charge in [0.25, 0.3) is 0 Å². The first-order valence-corrected chi connectivity index (χ1v) is 8.45. The molecular formula is C17H22N2O3S. The number of ether oxygens (including phenoxy) is 2. The molecule has 124 valence electrons. The molecule has 0 aliphatic carbocycles. The van der Waals surface area contributed by atoms with E-state index in [1.165, 1.54) is 11.3 Å². The number of carbonyl (C=O) groups is 1. The Morgan fingerprint density at radius 3 is 2.48 bits per heavy atom. The molecule has 0 radical (unpaired) electrons. The lowest BCUT2D eigenvalue weighted by Gasteiger charge is -2.17. The number of carbonyl (C=O) groups excluding carboxylic acids is 1. The van der Waals surface area contributed by atoms with E-state index in [4.69, 9.17) is 9.47 Å². The average Bonchev–Trinajstić information content (AvgIpc) is 3.03. The van der Waals surface area contributed by atoms with Crippen LogP contribution in [0, 0.1) is 0 Å². The van der Waals surface area contributed by atoms with Gasteiger partial charge in [0.05, 0.1) is 26.3 Å². The van der Waals surface area contributed by atoms with Crippen molar-refractivity contribution in [2.45, 2.75) is 20.3 Å². The summed E-state index contributed by atoms with van der Waals surface area (Å²) in [6.45, 7) is 5.42. The maximum atomic E-state index is 12.2. The predicted octanol–water partition coefficient (Wildman–Crippen LogP) is 3.24. The average molecular weight is 334 g/mol. The van der Waals surface area contributed by atoms with Crippen LogP contribution < -0.4 is 9.47 Å². The van der Waals surface area contributed by atoms with E-state index in [1.54, 1.807) is 14.2 Å². The lowest BCUT2D eigenvalue weighted by molar-refractivity contribution is -0.130. The summed E-state index contributed by atoms with van der Waals surface area (Å²) in [5.41, 5.74) is 1.76. The molecule has 0 saturated carbocycles. The summed E-state index contributed by atoms with van der Waals surface area (Å²) in [5, 5.41) is 2.81. The molecule has 1 amide bonds. The van der Waals surface area contributed by atoms with Crippen LogP contribution in [0.5, 0.6) is 11.5 Å². The molecule has 2 aromatic rings. The van der Waals surface area contributed by atoms with Gasteiger partial charge in [0, 0.05) is 24.0 Å². The van der Waals surface area contributed by atoms with Gasteiger partial charge in [0.2, 0.25) is 5.91 Å². The summed E-state index contributed by atoms with van der Waals surface area (Å²) >= 11 is 1.53. The van der Waals surface area contributed by atoms with Crippen molar-refractivity contribution in [2.24, 2.45) is 0 Å². The van der Waals surface area contributed by atoms with E-state index in [0.717, 1.165) is 29.4 Å². The van der Waals surface area contributed by atoms with Crippen LogP contribution in [-0.4, -0.2) is 43.1 Å². The van der Waals surface area contributed by atoms with Crippen LogP contribution in [0.4, 0.5) is 0 Å². The Balaban J connectivity index is 2.17. The summed E-state index contributed by atoms with van der Waals surface area (Å²) < 4.78 is 10.6. The van der Waals surface area contributed by atoms with Crippen LogP contribution in [-0.2, 0) is 11.2 Å². The zero-order valence-corrected chi connectivity index (χ0v) is 14.8. The summed E-state index contributed by atoms with van der Waals surface area (Å²) in [4.78, 5) is 18.6. The molecule has 5 nitrogen and oxygen atoms in total. The fraction of sp³-hybridized carbons (Fsp3) is 0.412. The molecule has 0 N–H and O–H groups in total. The molecule has 1 heterocycles. The minimum Gasteiger partial charge on any atom is -0.493 e. The van der Waals surface area contributed by atoms with Crippen LogP contribution in [0.2, 0.25) is 0 Å². The van der Waals surface area contributed by atoms with Crippen molar-refractivity contribution in [3.63, 3.8) is 0 Å². The van der Waals surface area contributed by atoms with Crippen molar-refractivity contribution in [3.8, 4) is 22.1 Å². The van der Waals surface area contributed by atoms with Crippen LogP contribution >= 0.6 is 11.3 Å². The smallest absolute Gasteiger partial charge is 0.228 e. The maximum absolute atomic E-state index is 12.2. The van der Waals surface area contributed by atoms with Gasteiger partial charge in [-0.3, -0.25) is 4.79 Å². The lowest BCUT2D eigenvalue weighted by atomic mass is 10.2. The Hall–Kier alpha value is -2.08. The van der Waals surface area contributed by atoms with E-state index in [2.05, 4.69) is 4.98 Å². The summed E-state index contributed by atoms with van der Waals surface area (Å²) in [6, 6.07) is 5.69. The van der Waals surface area contributed by atoms with E-state index in [1.807, 2.05) is 42.3 Å². The third-order valence-corrected chi connectivity index (χ3v) is 4.57. The highest BCUT2D eigenvalue weighted by molar-refractivity contribution is 7.13. The number of rotatable bonds is 7. The third-order valence-electron chi connectivity index (χ3n) is 3.63. The molecule has 0 fully saturated rings. The van der Waals surface area contributed by atoms with E-state index in [9.17, 15) is 4.79 Å².